The molecule has 5 saturated heterocycles. The molecule has 5 heterocycles. The van der Waals surface area contributed by atoms with E-state index in [-0.39, 0.29) is 19.4 Å². The molecule has 0 aliphatic carbocycles. The fourth-order valence-electron chi connectivity index (χ4n) is 16.2. The number of nitrogens with one attached hydrogen (secondary N) is 4. The molecule has 0 aromatic heterocycles. The summed E-state index contributed by atoms with van der Waals surface area (Å²) in [6.07, 6.45) is -1.93. The van der Waals surface area contributed by atoms with E-state index in [9.17, 15) is 60.3 Å². The Morgan fingerprint density at radius 3 is 1.36 bits per heavy atom. The number of benzene rings is 1. The summed E-state index contributed by atoms with van der Waals surface area (Å²) in [6.45, 7) is 14.2. The van der Waals surface area contributed by atoms with Crippen LogP contribution in [0.3, 0.4) is 0 Å². The molecule has 31 nitrogen and oxygen atoms in total. The molecule has 0 radical (unpaired) electrons. The first-order chi connectivity index (χ1) is 55.6. The SMILES string of the molecule is CCCCCCCCCCCCCCCCCCCCCCCCCCCCCC(O)CC(=O)N[C@H](Cc1ccccc1)C(=O)N[C@@H](C(=O)N[C@H](C)C(=O)N[C@@H](C)COC1O[C@@H](C)[C@H](OC)[C@@H](OC)[C@H]1O)[C@@H](C)OC1O[C@@H](C)[C@@H](O)[C@@H](O)[C@H]1O[C@@H]1O[C@@H](C)[C@H](O)[C@@H](O[C@@H]2O[C@@H](C)[C@@H](O[C@@H]3O[C@@H](C)[C@H](OC)[C@@H](O)[C@H]3O)[C@@H](O)[C@@H]2OC)[C@H]1O. The monoisotopic (exact) mass is 1660 g/mol. The van der Waals surface area contributed by atoms with Gasteiger partial charge in [-0.05, 0) is 67.4 Å². The molecule has 116 heavy (non-hydrogen) atoms. The summed E-state index contributed by atoms with van der Waals surface area (Å²) in [4.78, 5) is 58.0. The van der Waals surface area contributed by atoms with Gasteiger partial charge in [0, 0.05) is 40.9 Å². The minimum Gasteiger partial charge on any atom is -0.393 e. The molecule has 5 fully saturated rings. The first-order valence-corrected chi connectivity index (χ1v) is 43.6. The number of carbonyl (C=O) groups excluding carboxylic acids is 4. The van der Waals surface area contributed by atoms with Gasteiger partial charge in [0.25, 0.3) is 0 Å². The Balaban J connectivity index is 1.06. The molecule has 5 aliphatic heterocycles. The molecular weight excluding hydrogens is 1510 g/mol. The second kappa shape index (κ2) is 53.9. The van der Waals surface area contributed by atoms with Crippen molar-refractivity contribution in [3.05, 3.63) is 35.9 Å². The number of methoxy groups -OCH3 is 4. The van der Waals surface area contributed by atoms with Crippen LogP contribution in [0.25, 0.3) is 0 Å². The van der Waals surface area contributed by atoms with Gasteiger partial charge in [-0.2, -0.15) is 0 Å². The average Bonchev–Trinajstić information content (AvgIpc) is 0.774. The van der Waals surface area contributed by atoms with Crippen LogP contribution < -0.4 is 21.3 Å². The van der Waals surface area contributed by atoms with Crippen LogP contribution in [0.1, 0.15) is 254 Å². The summed E-state index contributed by atoms with van der Waals surface area (Å²) < 4.78 is 82.9. The van der Waals surface area contributed by atoms with Gasteiger partial charge < -0.3 is 134 Å². The number of carbonyl (C=O) groups is 4. The van der Waals surface area contributed by atoms with E-state index in [4.69, 9.17) is 66.3 Å². The number of ether oxygens (including phenoxy) is 14. The summed E-state index contributed by atoms with van der Waals surface area (Å²) in [6, 6.07) is 3.56. The third-order valence-electron chi connectivity index (χ3n) is 23.4. The molecule has 672 valence electrons. The van der Waals surface area contributed by atoms with Gasteiger partial charge in [-0.15, -0.1) is 0 Å². The van der Waals surface area contributed by atoms with E-state index in [1.54, 1.807) is 51.1 Å². The molecule has 4 amide bonds. The molecular formula is C85H150N4O27. The Labute approximate surface area is 689 Å². The first kappa shape index (κ1) is 101. The molecule has 3 unspecified atom stereocenters. The van der Waals surface area contributed by atoms with Crippen molar-refractivity contribution in [2.45, 2.75) is 445 Å². The predicted octanol–water partition coefficient (Wildman–Crippen LogP) is 6.15. The van der Waals surface area contributed by atoms with Gasteiger partial charge in [0.15, 0.2) is 31.5 Å². The highest BCUT2D eigenvalue weighted by molar-refractivity contribution is 5.94. The lowest BCUT2D eigenvalue weighted by Crippen LogP contribution is -2.67. The molecule has 0 saturated carbocycles. The molecule has 0 spiro atoms. The Morgan fingerprint density at radius 2 is 0.828 bits per heavy atom. The van der Waals surface area contributed by atoms with Gasteiger partial charge in [0.05, 0.1) is 55.8 Å². The van der Waals surface area contributed by atoms with Crippen LogP contribution >= 0.6 is 0 Å². The highest BCUT2D eigenvalue weighted by Crippen LogP contribution is 2.37. The van der Waals surface area contributed by atoms with Crippen molar-refractivity contribution < 1.29 is 131 Å². The Hall–Kier alpha value is -3.82. The smallest absolute Gasteiger partial charge is 0.245 e. The second-order valence-electron chi connectivity index (χ2n) is 33.0. The van der Waals surface area contributed by atoms with Crippen molar-refractivity contribution in [2.24, 2.45) is 0 Å². The molecule has 0 bridgehead atoms. The fraction of sp³-hybridized carbons (Fsp3) is 0.882. The maximum Gasteiger partial charge on any atom is 0.245 e. The van der Waals surface area contributed by atoms with Crippen LogP contribution in [0.2, 0.25) is 0 Å². The maximum absolute atomic E-state index is 15.0. The van der Waals surface area contributed by atoms with Gasteiger partial charge in [-0.1, -0.05) is 211 Å². The van der Waals surface area contributed by atoms with Crippen LogP contribution in [0.15, 0.2) is 30.3 Å². The Bertz CT molecular complexity index is 2850. The Morgan fingerprint density at radius 1 is 0.397 bits per heavy atom. The van der Waals surface area contributed by atoms with Crippen LogP contribution in [0, 0.1) is 0 Å². The minimum absolute atomic E-state index is 0.0856. The lowest BCUT2D eigenvalue weighted by Gasteiger charge is -2.49. The number of unbranched alkanes of at least 4 members (excludes halogenated alkanes) is 26. The molecule has 1 aromatic rings. The summed E-state index contributed by atoms with van der Waals surface area (Å²) in [5.74, 6) is -3.22. The van der Waals surface area contributed by atoms with E-state index >= 15 is 4.79 Å². The van der Waals surface area contributed by atoms with E-state index < -0.39 is 214 Å². The summed E-state index contributed by atoms with van der Waals surface area (Å²) >= 11 is 0. The summed E-state index contributed by atoms with van der Waals surface area (Å²) in [5.41, 5.74) is 0.624. The summed E-state index contributed by atoms with van der Waals surface area (Å²) in [5, 5.41) is 114. The van der Waals surface area contributed by atoms with Crippen molar-refractivity contribution in [3.63, 3.8) is 0 Å². The molecule has 31 atom stereocenters. The van der Waals surface area contributed by atoms with E-state index in [1.807, 2.05) is 0 Å². The third kappa shape index (κ3) is 32.1. The first-order valence-electron chi connectivity index (χ1n) is 43.6. The van der Waals surface area contributed by atoms with Gasteiger partial charge in [-0.25, -0.2) is 0 Å². The predicted molar refractivity (Wildman–Crippen MR) is 429 cm³/mol. The number of rotatable bonds is 55. The number of aliphatic hydroxyl groups excluding tert-OH is 9. The minimum atomic E-state index is -1.97. The van der Waals surface area contributed by atoms with E-state index in [2.05, 4.69) is 28.2 Å². The normalized spacial score (nSPS) is 33.3. The van der Waals surface area contributed by atoms with Crippen LogP contribution in [0.4, 0.5) is 0 Å². The van der Waals surface area contributed by atoms with Crippen molar-refractivity contribution in [3.8, 4) is 0 Å². The maximum atomic E-state index is 15.0. The number of hydrogen-bond acceptors (Lipinski definition) is 27. The number of aliphatic hydroxyl groups is 9. The van der Waals surface area contributed by atoms with Gasteiger partial charge >= 0.3 is 0 Å². The zero-order chi connectivity index (χ0) is 85.0. The number of hydrogen-bond donors (Lipinski definition) is 13. The van der Waals surface area contributed by atoms with Crippen molar-refractivity contribution in [2.75, 3.05) is 35.0 Å². The van der Waals surface area contributed by atoms with Crippen LogP contribution in [-0.2, 0) is 91.9 Å². The largest absolute Gasteiger partial charge is 0.393 e. The van der Waals surface area contributed by atoms with E-state index in [0.29, 0.717) is 18.4 Å². The lowest BCUT2D eigenvalue weighted by molar-refractivity contribution is -0.390. The van der Waals surface area contributed by atoms with E-state index in [1.165, 1.54) is 204 Å². The number of amides is 4. The molecule has 13 N–H and O–H groups in total. The zero-order valence-corrected chi connectivity index (χ0v) is 71.6. The van der Waals surface area contributed by atoms with Gasteiger partial charge in [0.2, 0.25) is 23.6 Å². The third-order valence-corrected chi connectivity index (χ3v) is 23.4. The second-order valence-corrected chi connectivity index (χ2v) is 33.0. The molecule has 31 heteroatoms. The Kier molecular flexibility index (Phi) is 47.0. The van der Waals surface area contributed by atoms with Crippen molar-refractivity contribution in [1.29, 1.82) is 0 Å². The topological polar surface area (TPSA) is 428 Å². The van der Waals surface area contributed by atoms with Crippen LogP contribution in [0.5, 0.6) is 0 Å². The lowest BCUT2D eigenvalue weighted by atomic mass is 9.96. The summed E-state index contributed by atoms with van der Waals surface area (Å²) in [7, 11) is 5.47. The van der Waals surface area contributed by atoms with E-state index in [0.717, 1.165) is 25.7 Å². The van der Waals surface area contributed by atoms with Gasteiger partial charge in [0.1, 0.15) is 110 Å². The van der Waals surface area contributed by atoms with Gasteiger partial charge in [-0.3, -0.25) is 19.2 Å². The standard InChI is InChI=1S/C85H150N4O27/c1-14-15-16-17-18-19-20-21-22-23-24-25-26-27-28-29-30-31-32-33-34-35-36-37-38-39-43-46-59(90)48-61(91)88-60(47-58-44-41-40-42-45-58)79(101)89-62(80(102)87-51(3)78(100)86-50(2)49-107-81-70(99)75(105-12)73(104-11)57(9)111-81)52(4)108-85-77(65(94)63(92)53(5)110-85)116-83-69(98)74(64(93)54(6)109-83)115-84-76(106-13)68(97)72(56(8)113-84)114-82-67(96)66(95)71(103-10)55(7)112-82/h40-42,44-45,50-57,59-60,62-77,81-85,90,92-99H,14-39,43,46-49H2,1-13H3,(H,86,100)(H,87,102)(H,88,91)(H,89,101)/t50-,51+,52+,53-,54-,55-,56-,57-,59?,60+,62+,63+,64-,65+,66-,67+,68+,69+,70+,71-,72+,73-,74+,75-,76-,77+,81?,82-,83-,84-,85?/m0/s1. The van der Waals surface area contributed by atoms with Crippen molar-refractivity contribution >= 4 is 23.6 Å². The zero-order valence-electron chi connectivity index (χ0n) is 71.6. The van der Waals surface area contributed by atoms with Crippen LogP contribution in [-0.4, -0.2) is 295 Å². The fourth-order valence-corrected chi connectivity index (χ4v) is 16.2. The molecule has 1 aromatic carbocycles. The quantitative estimate of drug-likeness (QED) is 0.0325. The van der Waals surface area contributed by atoms with Crippen molar-refractivity contribution in [1.82, 2.24) is 21.3 Å². The average molecular weight is 1660 g/mol. The highest BCUT2D eigenvalue weighted by atomic mass is 16.8. The molecule has 5 aliphatic rings. The molecule has 6 rings (SSSR count). The highest BCUT2D eigenvalue weighted by Gasteiger charge is 2.56.